The van der Waals surface area contributed by atoms with Crippen LogP contribution in [0.1, 0.15) is 83.4 Å². The second kappa shape index (κ2) is 8.78. The van der Waals surface area contributed by atoms with E-state index in [0.717, 1.165) is 30.4 Å². The molecule has 0 saturated carbocycles. The predicted octanol–water partition coefficient (Wildman–Crippen LogP) is 6.70. The maximum absolute atomic E-state index is 12.8. The van der Waals surface area contributed by atoms with Crippen molar-refractivity contribution in [2.75, 3.05) is 0 Å². The molecule has 0 bridgehead atoms. The van der Waals surface area contributed by atoms with Crippen molar-refractivity contribution in [2.45, 2.75) is 78.0 Å². The summed E-state index contributed by atoms with van der Waals surface area (Å²) in [5.74, 6) is 0.323. The van der Waals surface area contributed by atoms with Crippen molar-refractivity contribution in [3.63, 3.8) is 0 Å². The lowest BCUT2D eigenvalue weighted by atomic mass is 9.69. The molecule has 0 spiro atoms. The third-order valence-electron chi connectivity index (χ3n) is 5.87. The lowest BCUT2D eigenvalue weighted by Gasteiger charge is -2.36. The van der Waals surface area contributed by atoms with Crippen LogP contribution in [0.4, 0.5) is 0 Å². The normalized spacial score (nSPS) is 17.3. The Morgan fingerprint density at radius 2 is 1.58 bits per heavy atom. The number of benzene rings is 2. The molecule has 1 atom stereocenters. The number of fused-ring (bicyclic) bond motifs is 1. The van der Waals surface area contributed by atoms with E-state index >= 15 is 0 Å². The number of hydrogen-bond donors (Lipinski definition) is 0. The Balaban J connectivity index is 1.82. The molecule has 0 radical (unpaired) electrons. The van der Waals surface area contributed by atoms with E-state index in [4.69, 9.17) is 4.28 Å². The van der Waals surface area contributed by atoms with Gasteiger partial charge in [0.05, 0.1) is 5.71 Å². The van der Waals surface area contributed by atoms with Gasteiger partial charge in [0.2, 0.25) is 0 Å². The number of oxime groups is 1. The zero-order valence-corrected chi connectivity index (χ0v) is 20.4. The summed E-state index contributed by atoms with van der Waals surface area (Å²) >= 11 is 0. The van der Waals surface area contributed by atoms with E-state index in [2.05, 4.69) is 52.8 Å². The van der Waals surface area contributed by atoms with Crippen LogP contribution in [-0.4, -0.2) is 14.1 Å². The van der Waals surface area contributed by atoms with Crippen LogP contribution in [-0.2, 0) is 20.8 Å². The van der Waals surface area contributed by atoms with Crippen LogP contribution >= 0.6 is 0 Å². The second-order valence-electron chi connectivity index (χ2n) is 10.8. The largest absolute Gasteiger partial charge is 0.358 e. The average molecular weight is 442 g/mol. The van der Waals surface area contributed by atoms with Crippen LogP contribution in [0.25, 0.3) is 0 Å². The molecular weight excluding hydrogens is 406 g/mol. The SMILES string of the molecule is CC(C)(C)CC(c1ccc(S(=O)(=O)O/N=C2/CCCc3ccccc32)cc1)C(C)(C)C. The first kappa shape index (κ1) is 23.5. The molecule has 1 aliphatic rings. The highest BCUT2D eigenvalue weighted by Gasteiger charge is 2.30. The molecule has 0 amide bonds. The quantitative estimate of drug-likeness (QED) is 0.485. The summed E-state index contributed by atoms with van der Waals surface area (Å²) < 4.78 is 30.6. The first-order chi connectivity index (χ1) is 14.4. The Labute approximate surface area is 187 Å². The zero-order chi connectivity index (χ0) is 22.9. The fourth-order valence-electron chi connectivity index (χ4n) is 4.24. The summed E-state index contributed by atoms with van der Waals surface area (Å²) in [6, 6.07) is 15.1. The van der Waals surface area contributed by atoms with E-state index in [1.165, 1.54) is 5.56 Å². The van der Waals surface area contributed by atoms with Gasteiger partial charge in [-0.15, -0.1) is 0 Å². The maximum atomic E-state index is 12.8. The van der Waals surface area contributed by atoms with Gasteiger partial charge in [0.1, 0.15) is 4.90 Å². The minimum Gasteiger partial charge on any atom is -0.264 e. The number of aryl methyl sites for hydroxylation is 1. The van der Waals surface area contributed by atoms with E-state index in [1.807, 2.05) is 30.3 Å². The highest BCUT2D eigenvalue weighted by molar-refractivity contribution is 7.86. The molecule has 0 N–H and O–H groups in total. The van der Waals surface area contributed by atoms with Crippen molar-refractivity contribution in [1.29, 1.82) is 0 Å². The van der Waals surface area contributed by atoms with Crippen molar-refractivity contribution >= 4 is 15.8 Å². The summed E-state index contributed by atoms with van der Waals surface area (Å²) in [5.41, 5.74) is 4.26. The van der Waals surface area contributed by atoms with Gasteiger partial charge in [-0.25, -0.2) is 0 Å². The average Bonchev–Trinajstić information content (AvgIpc) is 2.69. The van der Waals surface area contributed by atoms with Gasteiger partial charge in [-0.2, -0.15) is 8.42 Å². The molecule has 4 nitrogen and oxygen atoms in total. The van der Waals surface area contributed by atoms with E-state index in [-0.39, 0.29) is 15.7 Å². The van der Waals surface area contributed by atoms with Crippen molar-refractivity contribution in [3.8, 4) is 0 Å². The van der Waals surface area contributed by atoms with Gasteiger partial charge < -0.3 is 0 Å². The fourth-order valence-corrected chi connectivity index (χ4v) is 4.98. The van der Waals surface area contributed by atoms with E-state index in [0.29, 0.717) is 18.1 Å². The molecule has 2 aromatic carbocycles. The van der Waals surface area contributed by atoms with E-state index in [1.54, 1.807) is 12.1 Å². The van der Waals surface area contributed by atoms with Crippen molar-refractivity contribution < 1.29 is 12.7 Å². The van der Waals surface area contributed by atoms with Gasteiger partial charge in [-0.05, 0) is 65.7 Å². The minimum atomic E-state index is -3.96. The Morgan fingerprint density at radius 3 is 2.19 bits per heavy atom. The monoisotopic (exact) mass is 441 g/mol. The molecule has 0 heterocycles. The van der Waals surface area contributed by atoms with Crippen LogP contribution in [0.2, 0.25) is 0 Å². The molecular formula is C26H35NO3S. The summed E-state index contributed by atoms with van der Waals surface area (Å²) in [6.45, 7) is 13.4. The van der Waals surface area contributed by atoms with Crippen molar-refractivity contribution in [1.82, 2.24) is 0 Å². The summed E-state index contributed by atoms with van der Waals surface area (Å²) in [6.07, 6.45) is 3.65. The molecule has 0 saturated heterocycles. The highest BCUT2D eigenvalue weighted by atomic mass is 32.2. The third kappa shape index (κ3) is 5.97. The van der Waals surface area contributed by atoms with Gasteiger partial charge in [0.25, 0.3) is 0 Å². The molecule has 0 aromatic heterocycles. The molecule has 31 heavy (non-hydrogen) atoms. The van der Waals surface area contributed by atoms with Gasteiger partial charge in [0.15, 0.2) is 0 Å². The topological polar surface area (TPSA) is 55.7 Å². The number of hydrogen-bond acceptors (Lipinski definition) is 4. The second-order valence-corrected chi connectivity index (χ2v) is 12.4. The molecule has 0 aliphatic heterocycles. The Kier molecular flexibility index (Phi) is 6.66. The van der Waals surface area contributed by atoms with Gasteiger partial charge in [-0.1, -0.05) is 83.1 Å². The van der Waals surface area contributed by atoms with Gasteiger partial charge in [0, 0.05) is 5.56 Å². The Hall–Kier alpha value is -2.14. The van der Waals surface area contributed by atoms with E-state index < -0.39 is 10.1 Å². The summed E-state index contributed by atoms with van der Waals surface area (Å²) in [5, 5.41) is 4.05. The lowest BCUT2D eigenvalue weighted by molar-refractivity contribution is 0.229. The van der Waals surface area contributed by atoms with E-state index in [9.17, 15) is 8.42 Å². The van der Waals surface area contributed by atoms with Crippen LogP contribution < -0.4 is 0 Å². The van der Waals surface area contributed by atoms with Crippen molar-refractivity contribution in [2.24, 2.45) is 16.0 Å². The predicted molar refractivity (Wildman–Crippen MR) is 127 cm³/mol. The molecule has 1 aliphatic carbocycles. The number of rotatable bonds is 5. The Morgan fingerprint density at radius 1 is 0.935 bits per heavy atom. The smallest absolute Gasteiger partial charge is 0.264 e. The highest BCUT2D eigenvalue weighted by Crippen LogP contribution is 2.43. The molecule has 0 fully saturated rings. The number of nitrogens with zero attached hydrogens (tertiary/aromatic N) is 1. The fraction of sp³-hybridized carbons (Fsp3) is 0.500. The van der Waals surface area contributed by atoms with Crippen LogP contribution in [0.15, 0.2) is 58.6 Å². The maximum Gasteiger partial charge on any atom is 0.358 e. The molecule has 168 valence electrons. The standard InChI is InChI=1S/C26H35NO3S/c1-25(2,3)18-23(26(4,5)6)20-14-16-21(17-15-20)31(28,29)30-27-24-13-9-11-19-10-7-8-12-22(19)24/h7-8,10,12,14-17,23H,9,11,13,18H2,1-6H3/b27-24-. The van der Waals surface area contributed by atoms with Gasteiger partial charge in [-0.3, -0.25) is 4.28 Å². The molecule has 1 unspecified atom stereocenters. The third-order valence-corrected chi connectivity index (χ3v) is 6.99. The zero-order valence-electron chi connectivity index (χ0n) is 19.6. The first-order valence-electron chi connectivity index (χ1n) is 11.1. The van der Waals surface area contributed by atoms with Gasteiger partial charge >= 0.3 is 10.1 Å². The lowest BCUT2D eigenvalue weighted by Crippen LogP contribution is -2.23. The van der Waals surface area contributed by atoms with Crippen LogP contribution in [0, 0.1) is 10.8 Å². The first-order valence-corrected chi connectivity index (χ1v) is 12.5. The summed E-state index contributed by atoms with van der Waals surface area (Å²) in [7, 11) is -3.96. The minimum absolute atomic E-state index is 0.0739. The molecule has 2 aromatic rings. The van der Waals surface area contributed by atoms with Crippen molar-refractivity contribution in [3.05, 3.63) is 65.2 Å². The Bertz CT molecular complexity index is 1040. The van der Waals surface area contributed by atoms with Crippen LogP contribution in [0.5, 0.6) is 0 Å². The summed E-state index contributed by atoms with van der Waals surface area (Å²) in [4.78, 5) is 0.133. The van der Waals surface area contributed by atoms with Crippen LogP contribution in [0.3, 0.4) is 0 Å². The molecule has 3 rings (SSSR count). The molecule has 5 heteroatoms.